The molecular formula is C15H19N3O2. The second-order valence-corrected chi connectivity index (χ2v) is 4.21. The van der Waals surface area contributed by atoms with Gasteiger partial charge in [-0.3, -0.25) is 0 Å². The van der Waals surface area contributed by atoms with Gasteiger partial charge in [0.2, 0.25) is 5.88 Å². The van der Waals surface area contributed by atoms with Crippen LogP contribution in [-0.4, -0.2) is 18.7 Å². The average molecular weight is 273 g/mol. The molecule has 0 amide bonds. The van der Waals surface area contributed by atoms with E-state index >= 15 is 0 Å². The number of hydrogen-bond acceptors (Lipinski definition) is 5. The fourth-order valence-electron chi connectivity index (χ4n) is 1.85. The van der Waals surface area contributed by atoms with E-state index in [0.717, 1.165) is 11.3 Å². The summed E-state index contributed by atoms with van der Waals surface area (Å²) in [6, 6.07) is 9.51. The van der Waals surface area contributed by atoms with Crippen molar-refractivity contribution in [3.05, 3.63) is 42.1 Å². The van der Waals surface area contributed by atoms with E-state index in [4.69, 9.17) is 15.2 Å². The molecule has 0 atom stereocenters. The lowest BCUT2D eigenvalue weighted by Gasteiger charge is -2.13. The SMILES string of the molecule is CCOc1cccc(NCc2ccnc(OC)c2)c1N. The van der Waals surface area contributed by atoms with Crippen LogP contribution in [0.2, 0.25) is 0 Å². The number of anilines is 2. The van der Waals surface area contributed by atoms with E-state index in [9.17, 15) is 0 Å². The quantitative estimate of drug-likeness (QED) is 0.792. The van der Waals surface area contributed by atoms with Crippen LogP contribution in [0, 0.1) is 0 Å². The van der Waals surface area contributed by atoms with E-state index in [-0.39, 0.29) is 0 Å². The van der Waals surface area contributed by atoms with Crippen LogP contribution in [0.15, 0.2) is 36.5 Å². The third kappa shape index (κ3) is 3.32. The maximum Gasteiger partial charge on any atom is 0.213 e. The molecule has 0 saturated carbocycles. The number of nitrogen functional groups attached to an aromatic ring is 1. The predicted octanol–water partition coefficient (Wildman–Crippen LogP) is 2.68. The van der Waals surface area contributed by atoms with Crippen molar-refractivity contribution < 1.29 is 9.47 Å². The number of methoxy groups -OCH3 is 1. The van der Waals surface area contributed by atoms with Crippen molar-refractivity contribution in [2.75, 3.05) is 24.8 Å². The third-order valence-corrected chi connectivity index (χ3v) is 2.86. The molecule has 106 valence electrons. The Morgan fingerprint density at radius 1 is 1.30 bits per heavy atom. The zero-order valence-corrected chi connectivity index (χ0v) is 11.7. The van der Waals surface area contributed by atoms with Crippen LogP contribution >= 0.6 is 0 Å². The van der Waals surface area contributed by atoms with Gasteiger partial charge in [-0.1, -0.05) is 6.07 Å². The van der Waals surface area contributed by atoms with Gasteiger partial charge in [0.05, 0.1) is 25.1 Å². The predicted molar refractivity (Wildman–Crippen MR) is 80.1 cm³/mol. The molecule has 0 fully saturated rings. The Balaban J connectivity index is 2.08. The van der Waals surface area contributed by atoms with Gasteiger partial charge in [0.15, 0.2) is 0 Å². The Morgan fingerprint density at radius 2 is 2.15 bits per heavy atom. The largest absolute Gasteiger partial charge is 0.492 e. The summed E-state index contributed by atoms with van der Waals surface area (Å²) >= 11 is 0. The fourth-order valence-corrected chi connectivity index (χ4v) is 1.85. The second kappa shape index (κ2) is 6.65. The van der Waals surface area contributed by atoms with Gasteiger partial charge in [0, 0.05) is 18.8 Å². The molecule has 20 heavy (non-hydrogen) atoms. The standard InChI is InChI=1S/C15H19N3O2/c1-3-20-13-6-4-5-12(15(13)16)18-10-11-7-8-17-14(9-11)19-2/h4-9,18H,3,10,16H2,1-2H3. The van der Waals surface area contributed by atoms with Gasteiger partial charge >= 0.3 is 0 Å². The van der Waals surface area contributed by atoms with E-state index in [2.05, 4.69) is 10.3 Å². The summed E-state index contributed by atoms with van der Waals surface area (Å²) in [5.41, 5.74) is 8.61. The van der Waals surface area contributed by atoms with E-state index in [1.165, 1.54) is 0 Å². The van der Waals surface area contributed by atoms with Gasteiger partial charge in [0.25, 0.3) is 0 Å². The topological polar surface area (TPSA) is 69.4 Å². The smallest absolute Gasteiger partial charge is 0.213 e. The van der Waals surface area contributed by atoms with E-state index in [1.54, 1.807) is 13.3 Å². The lowest BCUT2D eigenvalue weighted by molar-refractivity contribution is 0.342. The van der Waals surface area contributed by atoms with E-state index in [1.807, 2.05) is 37.3 Å². The number of nitrogens with one attached hydrogen (secondary N) is 1. The minimum Gasteiger partial charge on any atom is -0.492 e. The summed E-state index contributed by atoms with van der Waals surface area (Å²) in [6.07, 6.45) is 1.72. The summed E-state index contributed by atoms with van der Waals surface area (Å²) in [6.45, 7) is 3.16. The highest BCUT2D eigenvalue weighted by Gasteiger charge is 2.05. The molecule has 0 saturated heterocycles. The summed E-state index contributed by atoms with van der Waals surface area (Å²) < 4.78 is 10.6. The highest BCUT2D eigenvalue weighted by atomic mass is 16.5. The van der Waals surface area contributed by atoms with Crippen molar-refractivity contribution in [1.82, 2.24) is 4.98 Å². The number of nitrogens with two attached hydrogens (primary N) is 1. The van der Waals surface area contributed by atoms with Crippen LogP contribution < -0.4 is 20.5 Å². The molecule has 1 aromatic carbocycles. The minimum absolute atomic E-state index is 0.592. The monoisotopic (exact) mass is 273 g/mol. The van der Waals surface area contributed by atoms with Crippen LogP contribution in [-0.2, 0) is 6.54 Å². The Morgan fingerprint density at radius 3 is 2.90 bits per heavy atom. The molecule has 0 aliphatic carbocycles. The molecule has 5 heteroatoms. The van der Waals surface area contributed by atoms with Gasteiger partial charge in [-0.15, -0.1) is 0 Å². The molecular weight excluding hydrogens is 254 g/mol. The van der Waals surface area contributed by atoms with Crippen LogP contribution in [0.3, 0.4) is 0 Å². The normalized spacial score (nSPS) is 10.1. The second-order valence-electron chi connectivity index (χ2n) is 4.21. The van der Waals surface area contributed by atoms with Crippen LogP contribution in [0.25, 0.3) is 0 Å². The fraction of sp³-hybridized carbons (Fsp3) is 0.267. The van der Waals surface area contributed by atoms with Crippen molar-refractivity contribution in [1.29, 1.82) is 0 Å². The number of hydrogen-bond donors (Lipinski definition) is 2. The molecule has 2 rings (SSSR count). The Bertz CT molecular complexity index is 573. The molecule has 0 radical (unpaired) electrons. The van der Waals surface area contributed by atoms with Crippen molar-refractivity contribution in [3.8, 4) is 11.6 Å². The number of pyridine rings is 1. The highest BCUT2D eigenvalue weighted by Crippen LogP contribution is 2.29. The molecule has 3 N–H and O–H groups in total. The van der Waals surface area contributed by atoms with Crippen molar-refractivity contribution in [3.63, 3.8) is 0 Å². The van der Waals surface area contributed by atoms with Crippen LogP contribution in [0.4, 0.5) is 11.4 Å². The molecule has 0 spiro atoms. The molecule has 0 unspecified atom stereocenters. The lowest BCUT2D eigenvalue weighted by atomic mass is 10.2. The van der Waals surface area contributed by atoms with Gasteiger partial charge in [-0.05, 0) is 30.7 Å². The average Bonchev–Trinajstić information content (AvgIpc) is 2.48. The summed E-state index contributed by atoms with van der Waals surface area (Å²) in [4.78, 5) is 4.07. The van der Waals surface area contributed by atoms with Gasteiger partial charge in [0.1, 0.15) is 5.75 Å². The first-order chi connectivity index (χ1) is 9.74. The van der Waals surface area contributed by atoms with Crippen molar-refractivity contribution in [2.45, 2.75) is 13.5 Å². The first-order valence-electron chi connectivity index (χ1n) is 6.48. The van der Waals surface area contributed by atoms with E-state index in [0.29, 0.717) is 30.5 Å². The summed E-state index contributed by atoms with van der Waals surface area (Å²) in [5, 5.41) is 3.29. The van der Waals surface area contributed by atoms with Crippen molar-refractivity contribution >= 4 is 11.4 Å². The summed E-state index contributed by atoms with van der Waals surface area (Å²) in [5.74, 6) is 1.30. The number of benzene rings is 1. The molecule has 0 aliphatic rings. The number of nitrogens with zero attached hydrogens (tertiary/aromatic N) is 1. The summed E-state index contributed by atoms with van der Waals surface area (Å²) in [7, 11) is 1.60. The molecule has 1 aromatic heterocycles. The zero-order chi connectivity index (χ0) is 14.4. The third-order valence-electron chi connectivity index (χ3n) is 2.86. The molecule has 0 bridgehead atoms. The molecule has 0 aliphatic heterocycles. The molecule has 2 aromatic rings. The van der Waals surface area contributed by atoms with Gasteiger partial charge in [-0.2, -0.15) is 0 Å². The minimum atomic E-state index is 0.592. The highest BCUT2D eigenvalue weighted by molar-refractivity contribution is 5.72. The molecule has 5 nitrogen and oxygen atoms in total. The first-order valence-corrected chi connectivity index (χ1v) is 6.48. The maximum atomic E-state index is 6.07. The number of rotatable bonds is 6. The van der Waals surface area contributed by atoms with Gasteiger partial charge in [-0.25, -0.2) is 4.98 Å². The number of para-hydroxylation sites is 1. The van der Waals surface area contributed by atoms with Crippen molar-refractivity contribution in [2.24, 2.45) is 0 Å². The zero-order valence-electron chi connectivity index (χ0n) is 11.7. The van der Waals surface area contributed by atoms with Crippen LogP contribution in [0.5, 0.6) is 11.6 Å². The Kier molecular flexibility index (Phi) is 4.65. The Hall–Kier alpha value is -2.43. The lowest BCUT2D eigenvalue weighted by Crippen LogP contribution is -2.05. The number of aromatic nitrogens is 1. The van der Waals surface area contributed by atoms with Crippen LogP contribution in [0.1, 0.15) is 12.5 Å². The van der Waals surface area contributed by atoms with Gasteiger partial charge < -0.3 is 20.5 Å². The first kappa shape index (κ1) is 14.0. The molecule has 1 heterocycles. The van der Waals surface area contributed by atoms with E-state index < -0.39 is 0 Å². The maximum absolute atomic E-state index is 6.07. The number of ether oxygens (including phenoxy) is 2. The Labute approximate surface area is 118 Å².